The minimum absolute atomic E-state index is 0.301. The van der Waals surface area contributed by atoms with Crippen molar-refractivity contribution in [2.24, 2.45) is 5.73 Å². The van der Waals surface area contributed by atoms with Crippen molar-refractivity contribution in [3.05, 3.63) is 47.1 Å². The van der Waals surface area contributed by atoms with E-state index in [0.29, 0.717) is 11.0 Å². The molecule has 84 valence electrons. The molecule has 0 spiro atoms. The summed E-state index contributed by atoms with van der Waals surface area (Å²) in [5.74, 6) is 0.660. The summed E-state index contributed by atoms with van der Waals surface area (Å²) in [6.45, 7) is 0. The van der Waals surface area contributed by atoms with Gasteiger partial charge in [-0.05, 0) is 29.3 Å². The maximum Gasteiger partial charge on any atom is 0.198 e. The molecule has 1 atom stereocenters. The molecule has 0 aliphatic carbocycles. The second-order valence-electron chi connectivity index (χ2n) is 3.29. The zero-order chi connectivity index (χ0) is 11.5. The fraction of sp³-hybridized carbons (Fsp3) is 0.182. The minimum atomic E-state index is -0.367. The summed E-state index contributed by atoms with van der Waals surface area (Å²) in [7, 11) is 1.58. The first-order valence-electron chi connectivity index (χ1n) is 4.69. The number of rotatable bonds is 3. The minimum Gasteiger partial charge on any atom is -0.495 e. The maximum atomic E-state index is 6.05. The lowest BCUT2D eigenvalue weighted by molar-refractivity contribution is 0.412. The van der Waals surface area contributed by atoms with E-state index in [1.807, 2.05) is 6.07 Å². The molecule has 0 radical (unpaired) electrons. The second-order valence-corrected chi connectivity index (χ2v) is 3.63. The fourth-order valence-electron chi connectivity index (χ4n) is 1.42. The van der Waals surface area contributed by atoms with Crippen LogP contribution in [0.3, 0.4) is 0 Å². The quantitative estimate of drug-likeness (QED) is 0.892. The molecule has 0 fully saturated rings. The molecule has 0 aliphatic rings. The van der Waals surface area contributed by atoms with Crippen LogP contribution in [0.4, 0.5) is 0 Å². The van der Waals surface area contributed by atoms with Gasteiger partial charge in [-0.2, -0.15) is 0 Å². The number of aromatic nitrogens is 1. The number of hydrogen-bond donors (Lipinski definition) is 1. The number of ether oxygens (including phenoxy) is 1. The summed E-state index contributed by atoms with van der Waals surface area (Å²) in [6, 6.07) is 3.20. The van der Waals surface area contributed by atoms with E-state index in [2.05, 4.69) is 4.98 Å². The maximum absolute atomic E-state index is 6.05. The Morgan fingerprint density at radius 3 is 2.94 bits per heavy atom. The number of nitrogens with two attached hydrogens (primary N) is 1. The molecule has 0 bridgehead atoms. The molecule has 0 aliphatic heterocycles. The predicted molar refractivity (Wildman–Crippen MR) is 60.5 cm³/mol. The molecule has 2 aromatic heterocycles. The van der Waals surface area contributed by atoms with E-state index < -0.39 is 0 Å². The third-order valence-corrected chi connectivity index (χ3v) is 2.62. The highest BCUT2D eigenvalue weighted by Gasteiger charge is 2.15. The Labute approximate surface area is 98.0 Å². The van der Waals surface area contributed by atoms with Gasteiger partial charge in [0.2, 0.25) is 0 Å². The average Bonchev–Trinajstić information content (AvgIpc) is 2.74. The Morgan fingerprint density at radius 2 is 2.31 bits per heavy atom. The van der Waals surface area contributed by atoms with Gasteiger partial charge in [-0.3, -0.25) is 4.98 Å². The van der Waals surface area contributed by atoms with E-state index in [-0.39, 0.29) is 6.04 Å². The van der Waals surface area contributed by atoms with Gasteiger partial charge in [0.25, 0.3) is 0 Å². The third kappa shape index (κ3) is 2.03. The normalized spacial score (nSPS) is 12.4. The van der Waals surface area contributed by atoms with Crippen molar-refractivity contribution in [2.75, 3.05) is 7.11 Å². The van der Waals surface area contributed by atoms with Crippen molar-refractivity contribution in [3.63, 3.8) is 0 Å². The van der Waals surface area contributed by atoms with Crippen molar-refractivity contribution in [2.45, 2.75) is 6.04 Å². The van der Waals surface area contributed by atoms with Crippen molar-refractivity contribution in [1.29, 1.82) is 0 Å². The van der Waals surface area contributed by atoms with Gasteiger partial charge in [0.15, 0.2) is 5.22 Å². The SMILES string of the molecule is COc1cncc(C(N)c2ccoc2Cl)c1. The first kappa shape index (κ1) is 11.0. The van der Waals surface area contributed by atoms with Gasteiger partial charge >= 0.3 is 0 Å². The number of hydrogen-bond acceptors (Lipinski definition) is 4. The van der Waals surface area contributed by atoms with Gasteiger partial charge < -0.3 is 14.9 Å². The van der Waals surface area contributed by atoms with Crippen molar-refractivity contribution in [1.82, 2.24) is 4.98 Å². The molecule has 16 heavy (non-hydrogen) atoms. The van der Waals surface area contributed by atoms with Crippen molar-refractivity contribution < 1.29 is 9.15 Å². The molecule has 0 saturated carbocycles. The van der Waals surface area contributed by atoms with Gasteiger partial charge in [-0.15, -0.1) is 0 Å². The van der Waals surface area contributed by atoms with Crippen LogP contribution in [0, 0.1) is 0 Å². The van der Waals surface area contributed by atoms with Crippen molar-refractivity contribution >= 4 is 11.6 Å². The number of furan rings is 1. The van der Waals surface area contributed by atoms with E-state index in [4.69, 9.17) is 26.5 Å². The topological polar surface area (TPSA) is 61.3 Å². The molecular formula is C11H11ClN2O2. The highest BCUT2D eigenvalue weighted by molar-refractivity contribution is 6.29. The van der Waals surface area contributed by atoms with E-state index in [1.165, 1.54) is 6.26 Å². The van der Waals surface area contributed by atoms with Crippen LogP contribution in [0.1, 0.15) is 17.2 Å². The van der Waals surface area contributed by atoms with E-state index >= 15 is 0 Å². The summed E-state index contributed by atoms with van der Waals surface area (Å²) < 4.78 is 10.1. The lowest BCUT2D eigenvalue weighted by Gasteiger charge is -2.10. The second kappa shape index (κ2) is 4.55. The molecular weight excluding hydrogens is 228 g/mol. The molecule has 4 nitrogen and oxygen atoms in total. The summed E-state index contributed by atoms with van der Waals surface area (Å²) in [5, 5.41) is 0.301. The third-order valence-electron chi connectivity index (χ3n) is 2.31. The Balaban J connectivity index is 2.33. The molecule has 2 N–H and O–H groups in total. The fourth-order valence-corrected chi connectivity index (χ4v) is 1.66. The van der Waals surface area contributed by atoms with Crippen LogP contribution >= 0.6 is 11.6 Å². The Morgan fingerprint density at radius 1 is 1.50 bits per heavy atom. The summed E-state index contributed by atoms with van der Waals surface area (Å²) in [4.78, 5) is 4.04. The van der Waals surface area contributed by atoms with Gasteiger partial charge in [0.1, 0.15) is 5.75 Å². The molecule has 5 heteroatoms. The van der Waals surface area contributed by atoms with Crippen LogP contribution in [0.15, 0.2) is 35.2 Å². The number of methoxy groups -OCH3 is 1. The Bertz CT molecular complexity index is 484. The molecule has 1 unspecified atom stereocenters. The average molecular weight is 239 g/mol. The van der Waals surface area contributed by atoms with Gasteiger partial charge in [-0.25, -0.2) is 0 Å². The standard InChI is InChI=1S/C11H11ClN2O2/c1-15-8-4-7(5-14-6-8)10(13)9-2-3-16-11(9)12/h2-6,10H,13H2,1H3. The van der Waals surface area contributed by atoms with E-state index in [1.54, 1.807) is 25.6 Å². The Kier molecular flexibility index (Phi) is 3.12. The van der Waals surface area contributed by atoms with Crippen LogP contribution in [0.2, 0.25) is 5.22 Å². The van der Waals surface area contributed by atoms with Crippen LogP contribution in [0.5, 0.6) is 5.75 Å². The molecule has 0 amide bonds. The number of nitrogens with zero attached hydrogens (tertiary/aromatic N) is 1. The van der Waals surface area contributed by atoms with Gasteiger partial charge in [0.05, 0.1) is 25.6 Å². The molecule has 2 aromatic rings. The first-order chi connectivity index (χ1) is 7.72. The summed E-state index contributed by atoms with van der Waals surface area (Å²) in [6.07, 6.45) is 4.80. The largest absolute Gasteiger partial charge is 0.495 e. The van der Waals surface area contributed by atoms with Crippen molar-refractivity contribution in [3.8, 4) is 5.75 Å². The van der Waals surface area contributed by atoms with Crippen LogP contribution in [-0.4, -0.2) is 12.1 Å². The smallest absolute Gasteiger partial charge is 0.198 e. The molecule has 2 rings (SSSR count). The van der Waals surface area contributed by atoms with E-state index in [0.717, 1.165) is 11.1 Å². The highest BCUT2D eigenvalue weighted by atomic mass is 35.5. The highest BCUT2D eigenvalue weighted by Crippen LogP contribution is 2.28. The molecule has 0 aromatic carbocycles. The summed E-state index contributed by atoms with van der Waals surface area (Å²) in [5.41, 5.74) is 7.60. The summed E-state index contributed by atoms with van der Waals surface area (Å²) >= 11 is 5.86. The lowest BCUT2D eigenvalue weighted by atomic mass is 10.0. The predicted octanol–water partition coefficient (Wildman–Crippen LogP) is 2.38. The Hall–Kier alpha value is -1.52. The zero-order valence-corrected chi connectivity index (χ0v) is 9.44. The van der Waals surface area contributed by atoms with Crippen LogP contribution < -0.4 is 10.5 Å². The lowest BCUT2D eigenvalue weighted by Crippen LogP contribution is -2.11. The van der Waals surface area contributed by atoms with Crippen LogP contribution in [0.25, 0.3) is 0 Å². The number of halogens is 1. The van der Waals surface area contributed by atoms with Gasteiger partial charge in [-0.1, -0.05) is 0 Å². The zero-order valence-electron chi connectivity index (χ0n) is 8.68. The first-order valence-corrected chi connectivity index (χ1v) is 5.07. The molecule has 2 heterocycles. The monoisotopic (exact) mass is 238 g/mol. The molecule has 0 saturated heterocycles. The van der Waals surface area contributed by atoms with E-state index in [9.17, 15) is 0 Å². The number of pyridine rings is 1. The van der Waals surface area contributed by atoms with Crippen LogP contribution in [-0.2, 0) is 0 Å². The van der Waals surface area contributed by atoms with Gasteiger partial charge in [0, 0.05) is 11.8 Å².